The standard InChI is InChI=1S/C17H26N2O2/c1-13-8-10-14(11-9-13)18-15-7-5-6-12-19(15)16(20)21-17(2,3)4/h8-11,15,18H,5-7,12H2,1-4H3. The molecule has 1 aromatic rings. The Labute approximate surface area is 127 Å². The molecule has 4 heteroatoms. The molecular weight excluding hydrogens is 264 g/mol. The van der Waals surface area contributed by atoms with Crippen molar-refractivity contribution < 1.29 is 9.53 Å². The van der Waals surface area contributed by atoms with E-state index < -0.39 is 5.60 Å². The molecule has 1 fully saturated rings. The van der Waals surface area contributed by atoms with Gasteiger partial charge >= 0.3 is 6.09 Å². The molecule has 1 atom stereocenters. The number of rotatable bonds is 2. The summed E-state index contributed by atoms with van der Waals surface area (Å²) in [5, 5.41) is 3.45. The lowest BCUT2D eigenvalue weighted by molar-refractivity contribution is 0.0130. The van der Waals surface area contributed by atoms with Crippen molar-refractivity contribution in [2.75, 3.05) is 11.9 Å². The Morgan fingerprint density at radius 2 is 1.90 bits per heavy atom. The van der Waals surface area contributed by atoms with Gasteiger partial charge in [-0.2, -0.15) is 0 Å². The second kappa shape index (κ2) is 6.37. The molecule has 0 aliphatic carbocycles. The van der Waals surface area contributed by atoms with E-state index in [2.05, 4.69) is 36.5 Å². The molecule has 0 bridgehead atoms. The van der Waals surface area contributed by atoms with Crippen molar-refractivity contribution in [2.45, 2.75) is 58.7 Å². The van der Waals surface area contributed by atoms with Crippen LogP contribution in [0, 0.1) is 6.92 Å². The van der Waals surface area contributed by atoms with E-state index in [1.165, 1.54) is 5.56 Å². The predicted octanol–water partition coefficient (Wildman–Crippen LogP) is 4.15. The number of carbonyl (C=O) groups is 1. The summed E-state index contributed by atoms with van der Waals surface area (Å²) in [6.45, 7) is 8.52. The number of amides is 1. The summed E-state index contributed by atoms with van der Waals surface area (Å²) in [4.78, 5) is 14.1. The summed E-state index contributed by atoms with van der Waals surface area (Å²) in [7, 11) is 0. The SMILES string of the molecule is Cc1ccc(NC2CCCCN2C(=O)OC(C)(C)C)cc1. The number of nitrogens with one attached hydrogen (secondary N) is 1. The second-order valence-electron chi connectivity index (χ2n) is 6.70. The number of piperidine rings is 1. The Morgan fingerprint density at radius 3 is 2.52 bits per heavy atom. The Kier molecular flexibility index (Phi) is 4.76. The Hall–Kier alpha value is -1.71. The van der Waals surface area contributed by atoms with Crippen LogP contribution in [0.3, 0.4) is 0 Å². The van der Waals surface area contributed by atoms with Crippen LogP contribution < -0.4 is 5.32 Å². The minimum Gasteiger partial charge on any atom is -0.444 e. The number of aryl methyl sites for hydroxylation is 1. The Balaban J connectivity index is 2.04. The molecule has 0 spiro atoms. The number of carbonyl (C=O) groups excluding carboxylic acids is 1. The highest BCUT2D eigenvalue weighted by Crippen LogP contribution is 2.22. The van der Waals surface area contributed by atoms with Gasteiger partial charge in [0.25, 0.3) is 0 Å². The van der Waals surface area contributed by atoms with Crippen LogP contribution >= 0.6 is 0 Å². The third-order valence-electron chi connectivity index (χ3n) is 3.52. The van der Waals surface area contributed by atoms with Crippen LogP contribution in [0.1, 0.15) is 45.6 Å². The van der Waals surface area contributed by atoms with E-state index >= 15 is 0 Å². The van der Waals surface area contributed by atoms with Gasteiger partial charge in [0.15, 0.2) is 0 Å². The second-order valence-corrected chi connectivity index (χ2v) is 6.70. The van der Waals surface area contributed by atoms with Crippen molar-refractivity contribution in [3.8, 4) is 0 Å². The number of ether oxygens (including phenoxy) is 1. The third kappa shape index (κ3) is 4.66. The molecular formula is C17H26N2O2. The van der Waals surface area contributed by atoms with Crippen LogP contribution in [0.4, 0.5) is 10.5 Å². The molecule has 1 heterocycles. The van der Waals surface area contributed by atoms with E-state index in [0.29, 0.717) is 0 Å². The van der Waals surface area contributed by atoms with Crippen molar-refractivity contribution in [3.05, 3.63) is 29.8 Å². The molecule has 0 aromatic heterocycles. The van der Waals surface area contributed by atoms with Gasteiger partial charge in [0.1, 0.15) is 11.8 Å². The Morgan fingerprint density at radius 1 is 1.24 bits per heavy atom. The normalized spacial score (nSPS) is 19.2. The number of anilines is 1. The molecule has 1 unspecified atom stereocenters. The average molecular weight is 290 g/mol. The van der Waals surface area contributed by atoms with E-state index in [-0.39, 0.29) is 12.3 Å². The fraction of sp³-hybridized carbons (Fsp3) is 0.588. The molecule has 4 nitrogen and oxygen atoms in total. The lowest BCUT2D eigenvalue weighted by atomic mass is 10.1. The van der Waals surface area contributed by atoms with Gasteiger partial charge in [0, 0.05) is 12.2 Å². The van der Waals surface area contributed by atoms with E-state index in [0.717, 1.165) is 31.5 Å². The summed E-state index contributed by atoms with van der Waals surface area (Å²) >= 11 is 0. The summed E-state index contributed by atoms with van der Waals surface area (Å²) in [6, 6.07) is 8.25. The van der Waals surface area contributed by atoms with Crippen molar-refractivity contribution >= 4 is 11.8 Å². The summed E-state index contributed by atoms with van der Waals surface area (Å²) < 4.78 is 5.51. The smallest absolute Gasteiger partial charge is 0.411 e. The highest BCUT2D eigenvalue weighted by Gasteiger charge is 2.30. The zero-order chi connectivity index (χ0) is 15.5. The van der Waals surface area contributed by atoms with Crippen molar-refractivity contribution in [1.82, 2.24) is 4.90 Å². The highest BCUT2D eigenvalue weighted by atomic mass is 16.6. The van der Waals surface area contributed by atoms with Gasteiger partial charge in [-0.05, 0) is 59.1 Å². The lowest BCUT2D eigenvalue weighted by Crippen LogP contribution is -2.49. The first kappa shape index (κ1) is 15.7. The van der Waals surface area contributed by atoms with Gasteiger partial charge in [-0.3, -0.25) is 4.90 Å². The van der Waals surface area contributed by atoms with Gasteiger partial charge < -0.3 is 10.1 Å². The zero-order valence-electron chi connectivity index (χ0n) is 13.5. The van der Waals surface area contributed by atoms with E-state index in [1.807, 2.05) is 25.7 Å². The van der Waals surface area contributed by atoms with E-state index in [4.69, 9.17) is 4.74 Å². The number of nitrogens with zero attached hydrogens (tertiary/aromatic N) is 1. The first-order chi connectivity index (χ1) is 9.85. The molecule has 1 aliphatic rings. The lowest BCUT2D eigenvalue weighted by Gasteiger charge is -2.37. The summed E-state index contributed by atoms with van der Waals surface area (Å²) in [6.07, 6.45) is 2.89. The van der Waals surface area contributed by atoms with Gasteiger partial charge in [-0.1, -0.05) is 17.7 Å². The molecule has 21 heavy (non-hydrogen) atoms. The molecule has 1 N–H and O–H groups in total. The third-order valence-corrected chi connectivity index (χ3v) is 3.52. The fourth-order valence-electron chi connectivity index (χ4n) is 2.46. The first-order valence-corrected chi connectivity index (χ1v) is 7.68. The van der Waals surface area contributed by atoms with Crippen molar-refractivity contribution in [2.24, 2.45) is 0 Å². The monoisotopic (exact) mass is 290 g/mol. The van der Waals surface area contributed by atoms with Crippen molar-refractivity contribution in [1.29, 1.82) is 0 Å². The highest BCUT2D eigenvalue weighted by molar-refractivity contribution is 5.69. The fourth-order valence-corrected chi connectivity index (χ4v) is 2.46. The zero-order valence-corrected chi connectivity index (χ0v) is 13.5. The molecule has 2 rings (SSSR count). The molecule has 1 aliphatic heterocycles. The molecule has 0 radical (unpaired) electrons. The van der Waals surface area contributed by atoms with Crippen LogP contribution in [0.15, 0.2) is 24.3 Å². The molecule has 1 amide bonds. The maximum absolute atomic E-state index is 12.3. The van der Waals surface area contributed by atoms with Crippen LogP contribution in [0.5, 0.6) is 0 Å². The summed E-state index contributed by atoms with van der Waals surface area (Å²) in [5.41, 5.74) is 1.82. The number of benzene rings is 1. The maximum atomic E-state index is 12.3. The van der Waals surface area contributed by atoms with Crippen LogP contribution in [0.25, 0.3) is 0 Å². The van der Waals surface area contributed by atoms with Crippen LogP contribution in [-0.4, -0.2) is 29.3 Å². The van der Waals surface area contributed by atoms with Crippen LogP contribution in [-0.2, 0) is 4.74 Å². The van der Waals surface area contributed by atoms with Gasteiger partial charge in [-0.25, -0.2) is 4.79 Å². The van der Waals surface area contributed by atoms with Crippen molar-refractivity contribution in [3.63, 3.8) is 0 Å². The summed E-state index contributed by atoms with van der Waals surface area (Å²) in [5.74, 6) is 0. The quantitative estimate of drug-likeness (QED) is 0.889. The first-order valence-electron chi connectivity index (χ1n) is 7.68. The van der Waals surface area contributed by atoms with Gasteiger partial charge in [0.05, 0.1) is 0 Å². The Bertz CT molecular complexity index is 477. The minimum atomic E-state index is -0.455. The largest absolute Gasteiger partial charge is 0.444 e. The van der Waals surface area contributed by atoms with Crippen LogP contribution in [0.2, 0.25) is 0 Å². The number of hydrogen-bond donors (Lipinski definition) is 1. The molecule has 116 valence electrons. The molecule has 1 aromatic carbocycles. The molecule has 0 saturated carbocycles. The topological polar surface area (TPSA) is 41.6 Å². The van der Waals surface area contributed by atoms with E-state index in [9.17, 15) is 4.79 Å². The maximum Gasteiger partial charge on any atom is 0.411 e. The number of likely N-dealkylation sites (tertiary alicyclic amines) is 1. The minimum absolute atomic E-state index is 0.0105. The average Bonchev–Trinajstić information content (AvgIpc) is 2.40. The van der Waals surface area contributed by atoms with E-state index in [1.54, 1.807) is 0 Å². The van der Waals surface area contributed by atoms with Gasteiger partial charge in [0.2, 0.25) is 0 Å². The predicted molar refractivity (Wildman–Crippen MR) is 85.4 cm³/mol. The number of hydrogen-bond acceptors (Lipinski definition) is 3. The molecule has 1 saturated heterocycles. The van der Waals surface area contributed by atoms with Gasteiger partial charge in [-0.15, -0.1) is 0 Å².